The maximum atomic E-state index is 12.2. The number of hydrogen-bond donors (Lipinski definition) is 1. The van der Waals surface area contributed by atoms with E-state index in [-0.39, 0.29) is 5.91 Å². The van der Waals surface area contributed by atoms with Gasteiger partial charge >= 0.3 is 0 Å². The van der Waals surface area contributed by atoms with E-state index in [4.69, 9.17) is 0 Å². The monoisotopic (exact) mass is 237 g/mol. The number of rotatable bonds is 3. The van der Waals surface area contributed by atoms with Crippen LogP contribution in [0.3, 0.4) is 0 Å². The Morgan fingerprint density at radius 1 is 1.53 bits per heavy atom. The molecule has 0 aromatic carbocycles. The van der Waals surface area contributed by atoms with Crippen molar-refractivity contribution in [3.8, 4) is 0 Å². The summed E-state index contributed by atoms with van der Waals surface area (Å²) in [6, 6.07) is 0. The third-order valence-electron chi connectivity index (χ3n) is 3.39. The molecule has 1 fully saturated rings. The third-order valence-corrected chi connectivity index (χ3v) is 3.39. The summed E-state index contributed by atoms with van der Waals surface area (Å²) >= 11 is 0. The number of carbonyl (C=O) groups is 1. The van der Waals surface area contributed by atoms with Crippen molar-refractivity contribution in [1.82, 2.24) is 14.7 Å². The molecule has 0 bridgehead atoms. The predicted molar refractivity (Wildman–Crippen MR) is 63.7 cm³/mol. The van der Waals surface area contributed by atoms with Crippen molar-refractivity contribution in [2.45, 2.75) is 32.3 Å². The average Bonchev–Trinajstić information content (AvgIpc) is 2.65. The van der Waals surface area contributed by atoms with Crippen LogP contribution < -0.4 is 0 Å². The molecule has 2 rings (SSSR count). The molecule has 1 saturated heterocycles. The lowest BCUT2D eigenvalue weighted by Crippen LogP contribution is -2.63. The molecule has 1 aromatic rings. The fourth-order valence-electron chi connectivity index (χ4n) is 2.18. The normalized spacial score (nSPS) is 18.0. The van der Waals surface area contributed by atoms with Crippen molar-refractivity contribution >= 4 is 5.91 Å². The maximum Gasteiger partial charge on any atom is 0.257 e. The first-order valence-electron chi connectivity index (χ1n) is 6.03. The zero-order valence-corrected chi connectivity index (χ0v) is 10.6. The van der Waals surface area contributed by atoms with Gasteiger partial charge in [0.1, 0.15) is 0 Å². The molecule has 1 aromatic heterocycles. The van der Waals surface area contributed by atoms with Crippen molar-refractivity contribution < 1.29 is 9.90 Å². The third kappa shape index (κ3) is 2.07. The predicted octanol–water partition coefficient (Wildman–Crippen LogP) is 0.579. The first-order chi connectivity index (χ1) is 7.99. The minimum Gasteiger partial charge on any atom is -0.386 e. The largest absolute Gasteiger partial charge is 0.386 e. The van der Waals surface area contributed by atoms with Crippen molar-refractivity contribution in [2.24, 2.45) is 7.05 Å². The zero-order chi connectivity index (χ0) is 12.6. The second kappa shape index (κ2) is 4.14. The number of aryl methyl sites for hydroxylation is 2. The quantitative estimate of drug-likeness (QED) is 0.836. The van der Waals surface area contributed by atoms with Gasteiger partial charge in [0.15, 0.2) is 0 Å². The molecule has 5 heteroatoms. The van der Waals surface area contributed by atoms with Crippen LogP contribution in [0.2, 0.25) is 0 Å². The average molecular weight is 237 g/mol. The van der Waals surface area contributed by atoms with Crippen LogP contribution in [0.15, 0.2) is 6.20 Å². The smallest absolute Gasteiger partial charge is 0.257 e. The number of hydrogen-bond acceptors (Lipinski definition) is 3. The van der Waals surface area contributed by atoms with E-state index in [0.717, 1.165) is 12.1 Å². The van der Waals surface area contributed by atoms with Gasteiger partial charge in [-0.25, -0.2) is 0 Å². The van der Waals surface area contributed by atoms with Crippen LogP contribution in [0.5, 0.6) is 0 Å². The minimum absolute atomic E-state index is 0.0203. The van der Waals surface area contributed by atoms with E-state index < -0.39 is 5.60 Å². The van der Waals surface area contributed by atoms with Crippen LogP contribution in [0.25, 0.3) is 0 Å². The van der Waals surface area contributed by atoms with Gasteiger partial charge in [0.25, 0.3) is 5.91 Å². The summed E-state index contributed by atoms with van der Waals surface area (Å²) in [4.78, 5) is 13.9. The number of aliphatic hydroxyl groups is 1. The van der Waals surface area contributed by atoms with E-state index in [2.05, 4.69) is 5.10 Å². The Balaban J connectivity index is 2.11. The van der Waals surface area contributed by atoms with Crippen LogP contribution in [-0.4, -0.2) is 44.4 Å². The molecule has 2 heterocycles. The number of β-amino-alcohol motifs (C(OH)–C–C–N with tert-alkyl or cyclic N) is 1. The van der Waals surface area contributed by atoms with Gasteiger partial charge in [0.2, 0.25) is 0 Å². The molecule has 1 N–H and O–H groups in total. The van der Waals surface area contributed by atoms with E-state index >= 15 is 0 Å². The molecule has 1 aliphatic heterocycles. The Hall–Kier alpha value is -1.36. The van der Waals surface area contributed by atoms with Gasteiger partial charge in [-0.3, -0.25) is 9.48 Å². The van der Waals surface area contributed by atoms with Crippen molar-refractivity contribution in [3.63, 3.8) is 0 Å². The molecular weight excluding hydrogens is 218 g/mol. The Morgan fingerprint density at radius 3 is 2.71 bits per heavy atom. The second-order valence-electron chi connectivity index (χ2n) is 4.76. The van der Waals surface area contributed by atoms with Crippen LogP contribution >= 0.6 is 0 Å². The van der Waals surface area contributed by atoms with Crippen LogP contribution in [-0.2, 0) is 13.5 Å². The highest BCUT2D eigenvalue weighted by Crippen LogP contribution is 2.26. The SMILES string of the molecule is CCc1nn(C)cc1C(=O)N1CC(O)(CC)C1. The summed E-state index contributed by atoms with van der Waals surface area (Å²) in [6.45, 7) is 4.78. The van der Waals surface area contributed by atoms with Gasteiger partial charge < -0.3 is 10.0 Å². The van der Waals surface area contributed by atoms with E-state index in [1.54, 1.807) is 15.8 Å². The van der Waals surface area contributed by atoms with Gasteiger partial charge in [-0.1, -0.05) is 13.8 Å². The van der Waals surface area contributed by atoms with Gasteiger partial charge in [0, 0.05) is 13.2 Å². The first-order valence-corrected chi connectivity index (χ1v) is 6.03. The molecule has 17 heavy (non-hydrogen) atoms. The fraction of sp³-hybridized carbons (Fsp3) is 0.667. The molecular formula is C12H19N3O2. The molecule has 0 saturated carbocycles. The molecule has 0 atom stereocenters. The van der Waals surface area contributed by atoms with E-state index in [0.29, 0.717) is 25.1 Å². The summed E-state index contributed by atoms with van der Waals surface area (Å²) in [5.41, 5.74) is 0.808. The van der Waals surface area contributed by atoms with Crippen LogP contribution in [0, 0.1) is 0 Å². The van der Waals surface area contributed by atoms with E-state index in [9.17, 15) is 9.90 Å². The Morgan fingerprint density at radius 2 is 2.18 bits per heavy atom. The second-order valence-corrected chi connectivity index (χ2v) is 4.76. The van der Waals surface area contributed by atoms with Gasteiger partial charge in [-0.2, -0.15) is 5.10 Å². The molecule has 5 nitrogen and oxygen atoms in total. The lowest BCUT2D eigenvalue weighted by atomic mass is 9.90. The molecule has 0 unspecified atom stereocenters. The fourth-order valence-corrected chi connectivity index (χ4v) is 2.18. The topological polar surface area (TPSA) is 58.4 Å². The maximum absolute atomic E-state index is 12.2. The summed E-state index contributed by atoms with van der Waals surface area (Å²) in [5, 5.41) is 14.2. The Bertz CT molecular complexity index is 433. The highest BCUT2D eigenvalue weighted by atomic mass is 16.3. The summed E-state index contributed by atoms with van der Waals surface area (Å²) in [5.74, 6) is -0.0203. The number of carbonyl (C=O) groups excluding carboxylic acids is 1. The molecule has 94 valence electrons. The number of aromatic nitrogens is 2. The van der Waals surface area contributed by atoms with Crippen molar-refractivity contribution in [3.05, 3.63) is 17.5 Å². The molecule has 0 radical (unpaired) electrons. The van der Waals surface area contributed by atoms with Crippen molar-refractivity contribution in [2.75, 3.05) is 13.1 Å². The first kappa shape index (κ1) is 12.1. The van der Waals surface area contributed by atoms with Crippen molar-refractivity contribution in [1.29, 1.82) is 0 Å². The van der Waals surface area contributed by atoms with Gasteiger partial charge in [0.05, 0.1) is 29.9 Å². The van der Waals surface area contributed by atoms with Gasteiger partial charge in [-0.05, 0) is 12.8 Å². The standard InChI is InChI=1S/C12H19N3O2/c1-4-10-9(6-14(3)13-10)11(16)15-7-12(17,5-2)8-15/h6,17H,4-5,7-8H2,1-3H3. The lowest BCUT2D eigenvalue weighted by Gasteiger charge is -2.46. The van der Waals surface area contributed by atoms with E-state index in [1.165, 1.54) is 0 Å². The minimum atomic E-state index is -0.676. The molecule has 1 amide bonds. The summed E-state index contributed by atoms with van der Waals surface area (Å²) in [6.07, 6.45) is 3.18. The summed E-state index contributed by atoms with van der Waals surface area (Å²) in [7, 11) is 1.81. The van der Waals surface area contributed by atoms with E-state index in [1.807, 2.05) is 20.9 Å². The molecule has 0 aliphatic carbocycles. The lowest BCUT2D eigenvalue weighted by molar-refractivity contribution is -0.0826. The summed E-state index contributed by atoms with van der Waals surface area (Å²) < 4.78 is 1.66. The van der Waals surface area contributed by atoms with Gasteiger partial charge in [-0.15, -0.1) is 0 Å². The Kier molecular flexibility index (Phi) is 2.95. The zero-order valence-electron chi connectivity index (χ0n) is 10.6. The number of likely N-dealkylation sites (tertiary alicyclic amines) is 1. The van der Waals surface area contributed by atoms with Crippen LogP contribution in [0.1, 0.15) is 36.3 Å². The number of amides is 1. The number of nitrogens with zero attached hydrogens (tertiary/aromatic N) is 3. The highest BCUT2D eigenvalue weighted by molar-refractivity contribution is 5.95. The molecule has 0 spiro atoms. The highest BCUT2D eigenvalue weighted by Gasteiger charge is 2.42. The Labute approximate surface area is 101 Å². The van der Waals surface area contributed by atoms with Crippen LogP contribution in [0.4, 0.5) is 0 Å². The molecule has 1 aliphatic rings.